The molecule has 5 heterocycles. The summed E-state index contributed by atoms with van der Waals surface area (Å²) in [6.07, 6.45) is 2.25. The number of ether oxygens (including phenoxy) is 1. The number of amides is 1. The van der Waals surface area contributed by atoms with Crippen LogP contribution in [0.3, 0.4) is 0 Å². The van der Waals surface area contributed by atoms with E-state index in [1.807, 2.05) is 17.9 Å². The number of pyridine rings is 1. The third-order valence-corrected chi connectivity index (χ3v) is 5.33. The number of rotatable bonds is 2. The van der Waals surface area contributed by atoms with Gasteiger partial charge in [-0.25, -0.2) is 18.7 Å². The lowest BCUT2D eigenvalue weighted by atomic mass is 10.1. The number of hydrogen-bond donors (Lipinski definition) is 0. The van der Waals surface area contributed by atoms with Crippen LogP contribution < -0.4 is 9.64 Å². The maximum absolute atomic E-state index is 13.4. The molecule has 156 valence electrons. The highest BCUT2D eigenvalue weighted by molar-refractivity contribution is 5.95. The number of nitrogens with zero attached hydrogens (tertiary/aromatic N) is 7. The zero-order valence-electron chi connectivity index (χ0n) is 16.3. The lowest BCUT2D eigenvalue weighted by Gasteiger charge is -2.32. The molecule has 0 spiro atoms. The second kappa shape index (κ2) is 6.85. The molecule has 2 aliphatic rings. The first-order valence-electron chi connectivity index (χ1n) is 9.66. The Hall–Kier alpha value is -3.37. The molecule has 5 rings (SSSR count). The van der Waals surface area contributed by atoms with E-state index in [0.29, 0.717) is 36.1 Å². The zero-order chi connectivity index (χ0) is 20.9. The van der Waals surface area contributed by atoms with Crippen LogP contribution in [-0.4, -0.2) is 67.5 Å². The molecule has 2 aliphatic heterocycles. The number of piperidine rings is 1. The molecule has 30 heavy (non-hydrogen) atoms. The van der Waals surface area contributed by atoms with Crippen LogP contribution in [0.1, 0.15) is 28.9 Å². The number of aromatic nitrogens is 5. The van der Waals surface area contributed by atoms with Gasteiger partial charge in [-0.2, -0.15) is 14.6 Å². The van der Waals surface area contributed by atoms with Gasteiger partial charge >= 0.3 is 0 Å². The predicted octanol–water partition coefficient (Wildman–Crippen LogP) is 2.23. The molecule has 0 unspecified atom stereocenters. The Morgan fingerprint density at radius 3 is 2.77 bits per heavy atom. The molecule has 1 saturated heterocycles. The van der Waals surface area contributed by atoms with Crippen molar-refractivity contribution in [2.24, 2.45) is 0 Å². The normalized spacial score (nSPS) is 18.2. The number of anilines is 2. The molecule has 0 bridgehead atoms. The molecule has 11 heteroatoms. The maximum atomic E-state index is 13.4. The van der Waals surface area contributed by atoms with Gasteiger partial charge < -0.3 is 14.5 Å². The van der Waals surface area contributed by atoms with Gasteiger partial charge in [-0.1, -0.05) is 0 Å². The van der Waals surface area contributed by atoms with Crippen LogP contribution in [0.4, 0.5) is 20.4 Å². The molecular weight excluding hydrogens is 396 g/mol. The van der Waals surface area contributed by atoms with Crippen LogP contribution >= 0.6 is 0 Å². The highest BCUT2D eigenvalue weighted by atomic mass is 19.3. The van der Waals surface area contributed by atoms with Gasteiger partial charge in [-0.3, -0.25) is 4.79 Å². The Morgan fingerprint density at radius 2 is 1.97 bits per heavy atom. The van der Waals surface area contributed by atoms with Crippen molar-refractivity contribution in [1.82, 2.24) is 29.5 Å². The number of carbonyl (C=O) groups excluding carboxylic acids is 1. The van der Waals surface area contributed by atoms with Crippen LogP contribution in [0, 0.1) is 6.92 Å². The molecule has 0 aliphatic carbocycles. The van der Waals surface area contributed by atoms with Crippen LogP contribution in [-0.2, 0) is 0 Å². The zero-order valence-corrected chi connectivity index (χ0v) is 16.3. The van der Waals surface area contributed by atoms with Crippen molar-refractivity contribution in [3.05, 3.63) is 35.9 Å². The van der Waals surface area contributed by atoms with E-state index in [0.717, 1.165) is 11.5 Å². The van der Waals surface area contributed by atoms with Gasteiger partial charge in [0.1, 0.15) is 18.8 Å². The third kappa shape index (κ3) is 3.19. The summed E-state index contributed by atoms with van der Waals surface area (Å²) in [6.45, 7) is 2.84. The molecule has 1 fully saturated rings. The van der Waals surface area contributed by atoms with Crippen LogP contribution in [0.15, 0.2) is 24.7 Å². The minimum absolute atomic E-state index is 0.0243. The summed E-state index contributed by atoms with van der Waals surface area (Å²) in [7, 11) is 0. The number of likely N-dealkylation sites (tertiary alicyclic amines) is 1. The molecule has 3 aromatic rings. The molecule has 9 nitrogen and oxygen atoms in total. The lowest BCUT2D eigenvalue weighted by Crippen LogP contribution is -2.42. The minimum Gasteiger partial charge on any atom is -0.488 e. The number of alkyl halides is 2. The summed E-state index contributed by atoms with van der Waals surface area (Å²) in [5.74, 6) is -0.803. The average Bonchev–Trinajstić information content (AvgIpc) is 3.20. The fourth-order valence-corrected chi connectivity index (χ4v) is 3.76. The summed E-state index contributed by atoms with van der Waals surface area (Å²) in [5, 5.41) is 4.24. The number of fused-ring (bicyclic) bond motifs is 2. The molecule has 1 amide bonds. The van der Waals surface area contributed by atoms with Gasteiger partial charge in [0.15, 0.2) is 11.6 Å². The van der Waals surface area contributed by atoms with E-state index in [4.69, 9.17) is 4.74 Å². The summed E-state index contributed by atoms with van der Waals surface area (Å²) >= 11 is 0. The van der Waals surface area contributed by atoms with Crippen molar-refractivity contribution < 1.29 is 18.3 Å². The van der Waals surface area contributed by atoms with Crippen LogP contribution in [0.25, 0.3) is 5.78 Å². The van der Waals surface area contributed by atoms with Gasteiger partial charge in [0.2, 0.25) is 0 Å². The van der Waals surface area contributed by atoms with Gasteiger partial charge in [-0.15, -0.1) is 0 Å². The third-order valence-electron chi connectivity index (χ3n) is 5.33. The van der Waals surface area contributed by atoms with Crippen LogP contribution in [0.2, 0.25) is 0 Å². The van der Waals surface area contributed by atoms with Crippen molar-refractivity contribution in [2.75, 3.05) is 31.1 Å². The Kier molecular flexibility index (Phi) is 4.26. The van der Waals surface area contributed by atoms with E-state index >= 15 is 0 Å². The summed E-state index contributed by atoms with van der Waals surface area (Å²) < 4.78 is 34.2. The Morgan fingerprint density at radius 1 is 1.17 bits per heavy atom. The Labute approximate surface area is 170 Å². The molecule has 0 radical (unpaired) electrons. The van der Waals surface area contributed by atoms with E-state index in [1.165, 1.54) is 17.4 Å². The first-order valence-corrected chi connectivity index (χ1v) is 9.66. The highest BCUT2D eigenvalue weighted by Gasteiger charge is 2.36. The maximum Gasteiger partial charge on any atom is 0.255 e. The van der Waals surface area contributed by atoms with E-state index < -0.39 is 5.92 Å². The van der Waals surface area contributed by atoms with E-state index in [-0.39, 0.29) is 31.8 Å². The monoisotopic (exact) mass is 415 g/mol. The van der Waals surface area contributed by atoms with Gasteiger partial charge in [0.05, 0.1) is 12.1 Å². The fraction of sp³-hybridized carbons (Fsp3) is 0.421. The van der Waals surface area contributed by atoms with Crippen LogP contribution in [0.5, 0.6) is 5.75 Å². The largest absolute Gasteiger partial charge is 0.488 e. The molecule has 0 saturated carbocycles. The smallest absolute Gasteiger partial charge is 0.255 e. The van der Waals surface area contributed by atoms with Crippen molar-refractivity contribution in [3.8, 4) is 5.75 Å². The van der Waals surface area contributed by atoms with Crippen molar-refractivity contribution in [1.29, 1.82) is 0 Å². The SMILES string of the molecule is Cc1cc(N2CCOc3cc(C(=O)N4CCC(F)(F)CC4)cnc32)n2ncnc2n1. The van der Waals surface area contributed by atoms with Gasteiger partial charge in [-0.05, 0) is 13.0 Å². The summed E-state index contributed by atoms with van der Waals surface area (Å²) in [4.78, 5) is 29.1. The van der Waals surface area contributed by atoms with Crippen molar-refractivity contribution in [2.45, 2.75) is 25.7 Å². The molecular formula is C19H19F2N7O2. The Balaban J connectivity index is 1.46. The second-order valence-electron chi connectivity index (χ2n) is 7.42. The molecule has 0 N–H and O–H groups in total. The average molecular weight is 415 g/mol. The minimum atomic E-state index is -2.70. The topological polar surface area (TPSA) is 88.8 Å². The lowest BCUT2D eigenvalue weighted by molar-refractivity contribution is -0.0494. The van der Waals surface area contributed by atoms with Crippen molar-refractivity contribution >= 4 is 23.3 Å². The molecule has 0 aromatic carbocycles. The predicted molar refractivity (Wildman–Crippen MR) is 102 cm³/mol. The van der Waals surface area contributed by atoms with E-state index in [2.05, 4.69) is 20.1 Å². The first-order chi connectivity index (χ1) is 14.4. The quantitative estimate of drug-likeness (QED) is 0.634. The fourth-order valence-electron chi connectivity index (χ4n) is 3.76. The Bertz CT molecular complexity index is 1120. The van der Waals surface area contributed by atoms with E-state index in [1.54, 1.807) is 10.6 Å². The first kappa shape index (κ1) is 18.6. The summed E-state index contributed by atoms with van der Waals surface area (Å²) in [6, 6.07) is 3.50. The van der Waals surface area contributed by atoms with Gasteiger partial charge in [0, 0.05) is 43.9 Å². The van der Waals surface area contributed by atoms with Crippen molar-refractivity contribution in [3.63, 3.8) is 0 Å². The number of aryl methyl sites for hydroxylation is 1. The standard InChI is InChI=1S/C19H19F2N7O2/c1-12-8-15(28-18(25-12)23-11-24-28)27-6-7-30-14-9-13(10-22-16(14)27)17(29)26-4-2-19(20,21)3-5-26/h8-11H,2-7H2,1H3. The highest BCUT2D eigenvalue weighted by Crippen LogP contribution is 2.36. The van der Waals surface area contributed by atoms with E-state index in [9.17, 15) is 13.6 Å². The number of carbonyl (C=O) groups is 1. The summed E-state index contributed by atoms with van der Waals surface area (Å²) in [5.41, 5.74) is 1.10. The van der Waals surface area contributed by atoms with Gasteiger partial charge in [0.25, 0.3) is 17.6 Å². The molecule has 0 atom stereocenters. The molecule has 3 aromatic heterocycles. The number of hydrogen-bond acceptors (Lipinski definition) is 7. The second-order valence-corrected chi connectivity index (χ2v) is 7.42. The number of halogens is 2.